The fourth-order valence-corrected chi connectivity index (χ4v) is 1.94. The van der Waals surface area contributed by atoms with E-state index in [0.717, 1.165) is 6.42 Å². The second-order valence-electron chi connectivity index (χ2n) is 4.68. The summed E-state index contributed by atoms with van der Waals surface area (Å²) in [5.74, 6) is 0.519. The second-order valence-corrected chi connectivity index (χ2v) is 5.09. The molecule has 1 rings (SSSR count). The van der Waals surface area contributed by atoms with E-state index < -0.39 is 0 Å². The van der Waals surface area contributed by atoms with Crippen molar-refractivity contribution in [3.8, 4) is 5.75 Å². The molecule has 1 aromatic rings. The first-order valence-corrected chi connectivity index (χ1v) is 7.39. The molecule has 2 unspecified atom stereocenters. The lowest BCUT2D eigenvalue weighted by Gasteiger charge is -2.19. The van der Waals surface area contributed by atoms with E-state index >= 15 is 0 Å². The number of carbonyl (C=O) groups excluding carboxylic acids is 1. The summed E-state index contributed by atoms with van der Waals surface area (Å²) in [6, 6.07) is 7.28. The van der Waals surface area contributed by atoms with Crippen molar-refractivity contribution in [2.75, 3.05) is 20.2 Å². The lowest BCUT2D eigenvalue weighted by molar-refractivity contribution is -0.123. The van der Waals surface area contributed by atoms with Crippen LogP contribution >= 0.6 is 24.0 Å². The Morgan fingerprint density at radius 1 is 1.36 bits per heavy atom. The molecule has 0 saturated heterocycles. The van der Waals surface area contributed by atoms with Crippen molar-refractivity contribution in [2.24, 2.45) is 5.73 Å². The van der Waals surface area contributed by atoms with Crippen molar-refractivity contribution in [2.45, 2.75) is 32.0 Å². The number of benzene rings is 1. The van der Waals surface area contributed by atoms with Crippen LogP contribution in [0.4, 0.5) is 0 Å². The normalized spacial score (nSPS) is 12.9. The van der Waals surface area contributed by atoms with Gasteiger partial charge in [-0.1, -0.05) is 30.7 Å². The lowest BCUT2D eigenvalue weighted by atomic mass is 10.2. The van der Waals surface area contributed by atoms with Gasteiger partial charge in [0.25, 0.3) is 0 Å². The standard InChI is InChI=1S/C15H23ClN2O3.ClH/c1-3-11(21-14-7-5-4-6-13(14)16)10-18-15(19)8-12(9-17)20-2;/h4-7,11-12H,3,8-10,17H2,1-2H3,(H,18,19);1H. The SMILES string of the molecule is CCC(CNC(=O)CC(CN)OC)Oc1ccccc1Cl.Cl. The fraction of sp³-hybridized carbons (Fsp3) is 0.533. The third kappa shape index (κ3) is 7.31. The van der Waals surface area contributed by atoms with E-state index in [-0.39, 0.29) is 36.9 Å². The van der Waals surface area contributed by atoms with Crippen LogP contribution < -0.4 is 15.8 Å². The molecule has 22 heavy (non-hydrogen) atoms. The van der Waals surface area contributed by atoms with Crippen LogP contribution in [-0.4, -0.2) is 38.3 Å². The summed E-state index contributed by atoms with van der Waals surface area (Å²) in [5.41, 5.74) is 5.49. The van der Waals surface area contributed by atoms with Crippen LogP contribution in [0, 0.1) is 0 Å². The highest BCUT2D eigenvalue weighted by Crippen LogP contribution is 2.24. The summed E-state index contributed by atoms with van der Waals surface area (Å²) in [5, 5.41) is 3.39. The Morgan fingerprint density at radius 3 is 2.59 bits per heavy atom. The molecule has 0 fully saturated rings. The van der Waals surface area contributed by atoms with Gasteiger partial charge in [-0.05, 0) is 18.6 Å². The highest BCUT2D eigenvalue weighted by Gasteiger charge is 2.14. The van der Waals surface area contributed by atoms with Gasteiger partial charge in [0.1, 0.15) is 11.9 Å². The molecule has 0 saturated carbocycles. The Balaban J connectivity index is 0.00000441. The van der Waals surface area contributed by atoms with Crippen molar-refractivity contribution >= 4 is 29.9 Å². The van der Waals surface area contributed by atoms with E-state index in [0.29, 0.717) is 23.9 Å². The third-order valence-electron chi connectivity index (χ3n) is 3.12. The van der Waals surface area contributed by atoms with E-state index in [1.165, 1.54) is 0 Å². The average molecular weight is 351 g/mol. The van der Waals surface area contributed by atoms with Crippen molar-refractivity contribution < 1.29 is 14.3 Å². The predicted octanol–water partition coefficient (Wildman–Crippen LogP) is 2.40. The van der Waals surface area contributed by atoms with Gasteiger partial charge in [-0.25, -0.2) is 0 Å². The van der Waals surface area contributed by atoms with E-state index in [9.17, 15) is 4.79 Å². The number of carbonyl (C=O) groups is 1. The molecule has 0 aliphatic carbocycles. The Hall–Kier alpha value is -1.01. The van der Waals surface area contributed by atoms with Gasteiger partial charge in [0.2, 0.25) is 5.91 Å². The van der Waals surface area contributed by atoms with Gasteiger partial charge in [-0.15, -0.1) is 12.4 Å². The first-order chi connectivity index (χ1) is 10.1. The molecule has 3 N–H and O–H groups in total. The smallest absolute Gasteiger partial charge is 0.222 e. The quantitative estimate of drug-likeness (QED) is 0.717. The van der Waals surface area contributed by atoms with Gasteiger partial charge >= 0.3 is 0 Å². The average Bonchev–Trinajstić information content (AvgIpc) is 2.50. The monoisotopic (exact) mass is 350 g/mol. The van der Waals surface area contributed by atoms with Crippen molar-refractivity contribution in [1.29, 1.82) is 0 Å². The maximum absolute atomic E-state index is 11.8. The second kappa shape index (κ2) is 11.5. The molecule has 0 radical (unpaired) electrons. The molecule has 0 heterocycles. The molecule has 7 heteroatoms. The minimum absolute atomic E-state index is 0. The zero-order chi connectivity index (χ0) is 15.7. The molecule has 2 atom stereocenters. The highest BCUT2D eigenvalue weighted by atomic mass is 35.5. The molecule has 5 nitrogen and oxygen atoms in total. The lowest BCUT2D eigenvalue weighted by Crippen LogP contribution is -2.38. The molecule has 0 aliphatic rings. The van der Waals surface area contributed by atoms with Crippen LogP contribution in [0.5, 0.6) is 5.75 Å². The number of ether oxygens (including phenoxy) is 2. The van der Waals surface area contributed by atoms with Gasteiger partial charge < -0.3 is 20.5 Å². The number of amides is 1. The first kappa shape index (κ1) is 21.0. The molecule has 1 aromatic carbocycles. The molecule has 0 spiro atoms. The van der Waals surface area contributed by atoms with Crippen molar-refractivity contribution in [3.05, 3.63) is 29.3 Å². The van der Waals surface area contributed by atoms with E-state index in [1.54, 1.807) is 13.2 Å². The number of methoxy groups -OCH3 is 1. The van der Waals surface area contributed by atoms with Crippen LogP contribution in [0.3, 0.4) is 0 Å². The van der Waals surface area contributed by atoms with Gasteiger partial charge in [-0.3, -0.25) is 4.79 Å². The summed E-state index contributed by atoms with van der Waals surface area (Å²) in [6.45, 7) is 2.73. The van der Waals surface area contributed by atoms with Gasteiger partial charge in [0, 0.05) is 13.7 Å². The summed E-state index contributed by atoms with van der Waals surface area (Å²) in [7, 11) is 1.54. The van der Waals surface area contributed by atoms with E-state index in [2.05, 4.69) is 5.32 Å². The Kier molecular flexibility index (Phi) is 11.0. The number of hydrogen-bond acceptors (Lipinski definition) is 4. The predicted molar refractivity (Wildman–Crippen MR) is 90.9 cm³/mol. The zero-order valence-electron chi connectivity index (χ0n) is 12.9. The van der Waals surface area contributed by atoms with Gasteiger partial charge in [-0.2, -0.15) is 0 Å². The van der Waals surface area contributed by atoms with E-state index in [4.69, 9.17) is 26.8 Å². The molecule has 0 bridgehead atoms. The molecule has 0 aromatic heterocycles. The molecule has 126 valence electrons. The minimum Gasteiger partial charge on any atom is -0.487 e. The van der Waals surface area contributed by atoms with Crippen molar-refractivity contribution in [3.63, 3.8) is 0 Å². The maximum Gasteiger partial charge on any atom is 0.222 e. The number of nitrogens with one attached hydrogen (secondary N) is 1. The highest BCUT2D eigenvalue weighted by molar-refractivity contribution is 6.32. The van der Waals surface area contributed by atoms with Gasteiger partial charge in [0.15, 0.2) is 0 Å². The number of nitrogens with two attached hydrogens (primary N) is 1. The third-order valence-corrected chi connectivity index (χ3v) is 3.43. The summed E-state index contributed by atoms with van der Waals surface area (Å²) < 4.78 is 10.9. The summed E-state index contributed by atoms with van der Waals surface area (Å²) in [4.78, 5) is 11.8. The number of para-hydroxylation sites is 1. The van der Waals surface area contributed by atoms with E-state index in [1.807, 2.05) is 25.1 Å². The summed E-state index contributed by atoms with van der Waals surface area (Å²) in [6.07, 6.45) is 0.619. The van der Waals surface area contributed by atoms with Crippen LogP contribution in [0.2, 0.25) is 5.02 Å². The molecule has 1 amide bonds. The maximum atomic E-state index is 11.8. The fourth-order valence-electron chi connectivity index (χ4n) is 1.76. The minimum atomic E-state index is -0.255. The van der Waals surface area contributed by atoms with Crippen LogP contribution in [0.25, 0.3) is 0 Å². The van der Waals surface area contributed by atoms with Gasteiger partial charge in [0.05, 0.1) is 24.1 Å². The zero-order valence-corrected chi connectivity index (χ0v) is 14.5. The Morgan fingerprint density at radius 2 is 2.05 bits per heavy atom. The molecule has 0 aliphatic heterocycles. The van der Waals surface area contributed by atoms with Crippen LogP contribution in [0.1, 0.15) is 19.8 Å². The Labute approximate surface area is 142 Å². The summed E-state index contributed by atoms with van der Waals surface area (Å²) >= 11 is 6.05. The molecular formula is C15H24Cl2N2O3. The largest absolute Gasteiger partial charge is 0.487 e. The number of rotatable bonds is 9. The van der Waals surface area contributed by atoms with Crippen molar-refractivity contribution in [1.82, 2.24) is 5.32 Å². The number of halogens is 2. The molecular weight excluding hydrogens is 327 g/mol. The first-order valence-electron chi connectivity index (χ1n) is 7.01. The van der Waals surface area contributed by atoms with Crippen LogP contribution in [-0.2, 0) is 9.53 Å². The Bertz CT molecular complexity index is 443. The topological polar surface area (TPSA) is 73.6 Å². The van der Waals surface area contributed by atoms with Crippen LogP contribution in [0.15, 0.2) is 24.3 Å². The number of hydrogen-bond donors (Lipinski definition) is 2.